The maximum absolute atomic E-state index is 12.2. The van der Waals surface area contributed by atoms with E-state index in [1.54, 1.807) is 0 Å². The molecule has 0 spiro atoms. The first-order valence-corrected chi connectivity index (χ1v) is 5.74. The molecule has 1 aromatic heterocycles. The van der Waals surface area contributed by atoms with Crippen molar-refractivity contribution in [3.05, 3.63) is 24.0 Å². The molecule has 1 saturated heterocycles. The third kappa shape index (κ3) is 2.50. The molecule has 19 heavy (non-hydrogen) atoms. The van der Waals surface area contributed by atoms with Crippen LogP contribution in [0.25, 0.3) is 0 Å². The van der Waals surface area contributed by atoms with Crippen molar-refractivity contribution in [2.24, 2.45) is 5.92 Å². The van der Waals surface area contributed by atoms with Crippen LogP contribution in [0, 0.1) is 5.92 Å². The number of amides is 1. The minimum atomic E-state index is -1.01. The molecule has 1 amide bonds. The summed E-state index contributed by atoms with van der Waals surface area (Å²) in [6.45, 7) is 0.235. The van der Waals surface area contributed by atoms with E-state index in [-0.39, 0.29) is 24.7 Å². The Kier molecular flexibility index (Phi) is 3.66. The predicted octanol–water partition coefficient (Wildman–Crippen LogP) is -0.0412. The lowest BCUT2D eigenvalue weighted by molar-refractivity contribution is -0.142. The monoisotopic (exact) mass is 266 g/mol. The number of aromatic hydroxyl groups is 1. The van der Waals surface area contributed by atoms with Gasteiger partial charge in [0.2, 0.25) is 0 Å². The van der Waals surface area contributed by atoms with Crippen LogP contribution in [0.15, 0.2) is 18.3 Å². The number of carbonyl (C=O) groups excluding carboxylic acids is 1. The van der Waals surface area contributed by atoms with E-state index < -0.39 is 23.8 Å². The van der Waals surface area contributed by atoms with Crippen LogP contribution in [0.5, 0.6) is 5.75 Å². The molecular weight excluding hydrogens is 252 g/mol. The van der Waals surface area contributed by atoms with E-state index in [0.717, 1.165) is 0 Å². The largest absolute Gasteiger partial charge is 0.505 e. The highest BCUT2D eigenvalue weighted by Crippen LogP contribution is 2.22. The number of pyridine rings is 1. The first-order valence-electron chi connectivity index (χ1n) is 5.74. The van der Waals surface area contributed by atoms with E-state index in [1.165, 1.54) is 30.3 Å². The molecule has 2 N–H and O–H groups in total. The van der Waals surface area contributed by atoms with E-state index in [4.69, 9.17) is 9.84 Å². The molecule has 7 nitrogen and oxygen atoms in total. The van der Waals surface area contributed by atoms with Gasteiger partial charge in [0.15, 0.2) is 5.69 Å². The van der Waals surface area contributed by atoms with Gasteiger partial charge < -0.3 is 19.8 Å². The van der Waals surface area contributed by atoms with Crippen molar-refractivity contribution in [1.82, 2.24) is 9.88 Å². The van der Waals surface area contributed by atoms with Gasteiger partial charge in [-0.3, -0.25) is 9.59 Å². The van der Waals surface area contributed by atoms with Crippen LogP contribution in [-0.2, 0) is 9.53 Å². The molecular formula is C12H14N2O5. The summed E-state index contributed by atoms with van der Waals surface area (Å²) in [4.78, 5) is 28.3. The molecule has 2 atom stereocenters. The van der Waals surface area contributed by atoms with Gasteiger partial charge >= 0.3 is 5.97 Å². The summed E-state index contributed by atoms with van der Waals surface area (Å²) >= 11 is 0. The Morgan fingerprint density at radius 2 is 2.21 bits per heavy atom. The zero-order valence-corrected chi connectivity index (χ0v) is 10.3. The summed E-state index contributed by atoms with van der Waals surface area (Å²) in [5, 5.41) is 18.6. The van der Waals surface area contributed by atoms with Crippen LogP contribution >= 0.6 is 0 Å². The first kappa shape index (κ1) is 13.3. The van der Waals surface area contributed by atoms with Gasteiger partial charge in [-0.2, -0.15) is 0 Å². The Morgan fingerprint density at radius 1 is 1.47 bits per heavy atom. The molecule has 0 aromatic carbocycles. The van der Waals surface area contributed by atoms with Crippen LogP contribution in [0.3, 0.4) is 0 Å². The van der Waals surface area contributed by atoms with Crippen LogP contribution < -0.4 is 0 Å². The number of ether oxygens (including phenoxy) is 1. The fourth-order valence-corrected chi connectivity index (χ4v) is 2.04. The van der Waals surface area contributed by atoms with Crippen LogP contribution in [0.4, 0.5) is 0 Å². The van der Waals surface area contributed by atoms with Crippen molar-refractivity contribution in [3.8, 4) is 5.75 Å². The Balaban J connectivity index is 2.20. The minimum Gasteiger partial charge on any atom is -0.505 e. The van der Waals surface area contributed by atoms with Crippen LogP contribution in [-0.4, -0.2) is 58.3 Å². The number of aromatic nitrogens is 1. The van der Waals surface area contributed by atoms with E-state index >= 15 is 0 Å². The maximum atomic E-state index is 12.2. The van der Waals surface area contributed by atoms with E-state index in [1.807, 2.05) is 0 Å². The number of carboxylic acid groups (broad SMARTS) is 1. The van der Waals surface area contributed by atoms with E-state index in [0.29, 0.717) is 0 Å². The third-order valence-electron chi connectivity index (χ3n) is 3.17. The number of hydrogen-bond donors (Lipinski definition) is 2. The summed E-state index contributed by atoms with van der Waals surface area (Å²) in [6, 6.07) is 2.30. The van der Waals surface area contributed by atoms with Crippen LogP contribution in [0.2, 0.25) is 0 Å². The number of carbonyl (C=O) groups is 2. The van der Waals surface area contributed by atoms with Gasteiger partial charge in [0, 0.05) is 13.2 Å². The van der Waals surface area contributed by atoms with E-state index in [9.17, 15) is 14.7 Å². The summed E-state index contributed by atoms with van der Waals surface area (Å²) in [7, 11) is 1.48. The Hall–Kier alpha value is -2.15. The molecule has 1 aliphatic heterocycles. The number of carboxylic acids is 1. The van der Waals surface area contributed by atoms with Crippen molar-refractivity contribution in [2.75, 3.05) is 20.3 Å². The smallest absolute Gasteiger partial charge is 0.311 e. The Morgan fingerprint density at radius 3 is 2.84 bits per heavy atom. The second-order valence-electron chi connectivity index (χ2n) is 4.34. The molecule has 7 heteroatoms. The zero-order chi connectivity index (χ0) is 14.0. The fraction of sp³-hybridized carbons (Fsp3) is 0.417. The zero-order valence-electron chi connectivity index (χ0n) is 10.3. The van der Waals surface area contributed by atoms with Crippen molar-refractivity contribution in [3.63, 3.8) is 0 Å². The van der Waals surface area contributed by atoms with Gasteiger partial charge in [-0.1, -0.05) is 0 Å². The Labute approximate surface area is 109 Å². The number of nitrogens with zero attached hydrogens (tertiary/aromatic N) is 2. The Bertz CT molecular complexity index is 505. The molecule has 2 rings (SSSR count). The minimum absolute atomic E-state index is 0.0752. The van der Waals surface area contributed by atoms with Crippen molar-refractivity contribution in [2.45, 2.75) is 6.04 Å². The normalized spacial score (nSPS) is 22.2. The predicted molar refractivity (Wildman–Crippen MR) is 63.7 cm³/mol. The molecule has 0 bridgehead atoms. The summed E-state index contributed by atoms with van der Waals surface area (Å²) in [5.41, 5.74) is -0.0963. The van der Waals surface area contributed by atoms with Gasteiger partial charge in [0.1, 0.15) is 11.7 Å². The molecule has 1 aliphatic rings. The highest BCUT2D eigenvalue weighted by atomic mass is 16.5. The second kappa shape index (κ2) is 5.23. The molecule has 2 heterocycles. The van der Waals surface area contributed by atoms with Crippen molar-refractivity contribution in [1.29, 1.82) is 0 Å². The molecule has 0 saturated carbocycles. The SMILES string of the molecule is CN(C(=O)c1ncccc1O)C1COCC1C(=O)O. The van der Waals surface area contributed by atoms with Gasteiger partial charge in [-0.05, 0) is 12.1 Å². The fourth-order valence-electron chi connectivity index (χ4n) is 2.04. The molecule has 102 valence electrons. The van der Waals surface area contributed by atoms with Gasteiger partial charge in [0.05, 0.1) is 19.3 Å². The molecule has 1 fully saturated rings. The number of rotatable bonds is 3. The maximum Gasteiger partial charge on any atom is 0.311 e. The standard InChI is InChI=1S/C12H14N2O5/c1-14(8-6-19-5-7(8)12(17)18)11(16)10-9(15)3-2-4-13-10/h2-4,7-8,15H,5-6H2,1H3,(H,17,18). The lowest BCUT2D eigenvalue weighted by Crippen LogP contribution is -2.44. The quantitative estimate of drug-likeness (QED) is 0.796. The molecule has 0 radical (unpaired) electrons. The second-order valence-corrected chi connectivity index (χ2v) is 4.34. The van der Waals surface area contributed by atoms with E-state index in [2.05, 4.69) is 4.98 Å². The summed E-state index contributed by atoms with van der Waals surface area (Å²) in [6.07, 6.45) is 1.39. The third-order valence-corrected chi connectivity index (χ3v) is 3.17. The molecule has 0 aliphatic carbocycles. The summed E-state index contributed by atoms with van der Waals surface area (Å²) < 4.78 is 5.11. The van der Waals surface area contributed by atoms with Gasteiger partial charge in [-0.15, -0.1) is 0 Å². The summed E-state index contributed by atoms with van der Waals surface area (Å²) in [5.74, 6) is -2.53. The van der Waals surface area contributed by atoms with Crippen molar-refractivity contribution < 1.29 is 24.5 Å². The first-order chi connectivity index (χ1) is 9.02. The topological polar surface area (TPSA) is 100.0 Å². The lowest BCUT2D eigenvalue weighted by Gasteiger charge is -2.26. The lowest BCUT2D eigenvalue weighted by atomic mass is 10.0. The highest BCUT2D eigenvalue weighted by Gasteiger charge is 2.39. The molecule has 2 unspecified atom stereocenters. The van der Waals surface area contributed by atoms with Crippen LogP contribution in [0.1, 0.15) is 10.5 Å². The molecule has 1 aromatic rings. The number of likely N-dealkylation sites (N-methyl/N-ethyl adjacent to an activating group) is 1. The average molecular weight is 266 g/mol. The van der Waals surface area contributed by atoms with Crippen molar-refractivity contribution >= 4 is 11.9 Å². The highest BCUT2D eigenvalue weighted by molar-refractivity contribution is 5.95. The number of hydrogen-bond acceptors (Lipinski definition) is 5. The average Bonchev–Trinajstić information content (AvgIpc) is 2.87. The van der Waals surface area contributed by atoms with Gasteiger partial charge in [-0.25, -0.2) is 4.98 Å². The number of aliphatic carboxylic acids is 1. The van der Waals surface area contributed by atoms with Gasteiger partial charge in [0.25, 0.3) is 5.91 Å².